The van der Waals surface area contributed by atoms with Crippen molar-refractivity contribution in [3.8, 4) is 0 Å². The fraction of sp³-hybridized carbons (Fsp3) is 0.800. The summed E-state index contributed by atoms with van der Waals surface area (Å²) in [6.45, 7) is -3.12. The van der Waals surface area contributed by atoms with Crippen molar-refractivity contribution in [2.24, 2.45) is 0 Å². The van der Waals surface area contributed by atoms with Gasteiger partial charge in [0.2, 0.25) is 25.9 Å². The molecule has 1 saturated heterocycles. The number of aliphatic hydroxyl groups is 2. The maximum atomic E-state index is 11.8. The number of nitrogens with zero attached hydrogens (tertiary/aromatic N) is 3. The lowest BCUT2D eigenvalue weighted by atomic mass is 9.99. The van der Waals surface area contributed by atoms with E-state index >= 15 is 0 Å². The van der Waals surface area contributed by atoms with Crippen LogP contribution in [0.3, 0.4) is 0 Å². The van der Waals surface area contributed by atoms with Gasteiger partial charge >= 0.3 is 17.9 Å². The molecule has 5 atom stereocenters. The second kappa shape index (κ2) is 13.1. The van der Waals surface area contributed by atoms with Gasteiger partial charge in [-0.25, -0.2) is 0 Å². The number of ether oxygens (including phenoxy) is 4. The van der Waals surface area contributed by atoms with E-state index in [9.17, 15) is 54.9 Å². The van der Waals surface area contributed by atoms with Crippen LogP contribution in [0, 0.1) is 30.3 Å². The van der Waals surface area contributed by atoms with Crippen molar-refractivity contribution >= 4 is 17.9 Å². The maximum absolute atomic E-state index is 11.8. The van der Waals surface area contributed by atoms with E-state index in [2.05, 4.69) is 0 Å². The van der Waals surface area contributed by atoms with E-state index in [1.807, 2.05) is 0 Å². The maximum Gasteiger partial charge on any atom is 0.314 e. The zero-order valence-electron chi connectivity index (χ0n) is 16.9. The minimum atomic E-state index is -2.01. The summed E-state index contributed by atoms with van der Waals surface area (Å²) in [5.74, 6) is -3.43. The molecule has 0 aromatic heterocycles. The molecule has 0 unspecified atom stereocenters. The summed E-state index contributed by atoms with van der Waals surface area (Å²) >= 11 is 0. The summed E-state index contributed by atoms with van der Waals surface area (Å²) in [7, 11) is 0. The molecule has 0 radical (unpaired) electrons. The van der Waals surface area contributed by atoms with Gasteiger partial charge in [0.25, 0.3) is 0 Å². The fourth-order valence-electron chi connectivity index (χ4n) is 2.47. The molecule has 0 spiro atoms. The number of nitro groups is 3. The first-order valence-corrected chi connectivity index (χ1v) is 9.32. The largest absolute Gasteiger partial charge is 0.463 e. The van der Waals surface area contributed by atoms with Crippen LogP contribution in [0.25, 0.3) is 0 Å². The molecule has 0 aromatic rings. The van der Waals surface area contributed by atoms with E-state index in [0.717, 1.165) is 0 Å². The highest BCUT2D eigenvalue weighted by atomic mass is 16.7. The normalized spacial score (nSPS) is 24.4. The van der Waals surface area contributed by atoms with Gasteiger partial charge in [-0.1, -0.05) is 0 Å². The first-order valence-electron chi connectivity index (χ1n) is 9.32. The minimum absolute atomic E-state index is 0.614. The number of esters is 3. The zero-order valence-corrected chi connectivity index (χ0v) is 16.9. The third-order valence-corrected chi connectivity index (χ3v) is 4.06. The minimum Gasteiger partial charge on any atom is -0.463 e. The summed E-state index contributed by atoms with van der Waals surface area (Å²) in [4.78, 5) is 63.8. The molecule has 1 aliphatic rings. The molecular formula is C15H21N3O15. The van der Waals surface area contributed by atoms with Gasteiger partial charge in [-0.2, -0.15) is 0 Å². The van der Waals surface area contributed by atoms with Crippen molar-refractivity contribution < 1.29 is 58.3 Å². The van der Waals surface area contributed by atoms with Gasteiger partial charge in [0, 0.05) is 14.8 Å². The van der Waals surface area contributed by atoms with Crippen LogP contribution >= 0.6 is 0 Å². The van der Waals surface area contributed by atoms with Crippen molar-refractivity contribution in [2.75, 3.05) is 26.2 Å². The van der Waals surface area contributed by atoms with Crippen molar-refractivity contribution in [1.82, 2.24) is 0 Å². The Morgan fingerprint density at radius 2 is 1.21 bits per heavy atom. The third-order valence-electron chi connectivity index (χ3n) is 4.06. The molecule has 18 nitrogen and oxygen atoms in total. The van der Waals surface area contributed by atoms with E-state index in [-0.39, 0.29) is 0 Å². The van der Waals surface area contributed by atoms with Gasteiger partial charge in [-0.15, -0.1) is 0 Å². The molecule has 1 fully saturated rings. The highest BCUT2D eigenvalue weighted by Gasteiger charge is 2.49. The zero-order chi connectivity index (χ0) is 25.1. The fourth-order valence-corrected chi connectivity index (χ4v) is 2.47. The number of aliphatic hydroxyl groups excluding tert-OH is 2. The van der Waals surface area contributed by atoms with Crippen molar-refractivity contribution in [3.63, 3.8) is 0 Å². The molecule has 1 aliphatic heterocycles. The first-order chi connectivity index (χ1) is 15.4. The van der Waals surface area contributed by atoms with Crippen LogP contribution in [-0.2, 0) is 33.3 Å². The Kier molecular flexibility index (Phi) is 11.0. The number of rotatable bonds is 13. The van der Waals surface area contributed by atoms with Crippen LogP contribution in [0.15, 0.2) is 0 Å². The SMILES string of the molecule is O=C(CC[N+](=O)[O-])OC[C@H]1O[C@@H](OC(=O)CC[N+](=O)[O-])[C@H](O)[C@@H](OC(=O)CC[N+](=O)[O-])[C@@H]1O. The van der Waals surface area contributed by atoms with E-state index in [4.69, 9.17) is 18.9 Å². The van der Waals surface area contributed by atoms with Crippen LogP contribution in [0.1, 0.15) is 19.3 Å². The molecule has 186 valence electrons. The second-order valence-corrected chi connectivity index (χ2v) is 6.57. The highest BCUT2D eigenvalue weighted by Crippen LogP contribution is 2.25. The van der Waals surface area contributed by atoms with Crippen LogP contribution in [0.2, 0.25) is 0 Å². The molecule has 0 amide bonds. The summed E-state index contributed by atoms with van der Waals surface area (Å²) in [6, 6.07) is 0. The van der Waals surface area contributed by atoms with Crippen LogP contribution < -0.4 is 0 Å². The topological polar surface area (TPSA) is 258 Å². The Morgan fingerprint density at radius 3 is 1.70 bits per heavy atom. The molecule has 33 heavy (non-hydrogen) atoms. The number of hydrogen-bond donors (Lipinski definition) is 2. The van der Waals surface area contributed by atoms with Gasteiger partial charge < -0.3 is 29.2 Å². The van der Waals surface area contributed by atoms with Crippen LogP contribution in [0.5, 0.6) is 0 Å². The first kappa shape index (κ1) is 27.5. The molecular weight excluding hydrogens is 462 g/mol. The lowest BCUT2D eigenvalue weighted by molar-refractivity contribution is -0.479. The van der Waals surface area contributed by atoms with Crippen LogP contribution in [0.4, 0.5) is 0 Å². The molecule has 1 heterocycles. The average molecular weight is 483 g/mol. The Bertz CT molecular complexity index is 759. The predicted molar refractivity (Wildman–Crippen MR) is 97.0 cm³/mol. The van der Waals surface area contributed by atoms with E-state index in [1.165, 1.54) is 0 Å². The third kappa shape index (κ3) is 10.1. The van der Waals surface area contributed by atoms with E-state index in [0.29, 0.717) is 0 Å². The van der Waals surface area contributed by atoms with Crippen LogP contribution in [-0.4, -0.2) is 99.8 Å². The Hall–Kier alpha value is -3.51. The standard InChI is InChI=1S/C15H21N3O15/c19-9(1-4-16(24)25)30-7-8-12(22)14(32-10(20)2-5-17(26)27)13(23)15(31-8)33-11(21)3-6-18(28)29/h8,12-15,22-23H,1-7H2/t8-,12-,13-,14+,15+/m1/s1. The molecule has 0 aromatic carbocycles. The Balaban J connectivity index is 2.88. The Morgan fingerprint density at radius 1 is 0.758 bits per heavy atom. The average Bonchev–Trinajstić information content (AvgIpc) is 2.73. The molecule has 1 rings (SSSR count). The molecule has 2 N–H and O–H groups in total. The summed E-state index contributed by atoms with van der Waals surface area (Å²) in [6.07, 6.45) is -11.3. The summed E-state index contributed by atoms with van der Waals surface area (Å²) < 4.78 is 19.5. The van der Waals surface area contributed by atoms with Crippen molar-refractivity contribution in [3.05, 3.63) is 30.3 Å². The lowest BCUT2D eigenvalue weighted by Crippen LogP contribution is -2.61. The summed E-state index contributed by atoms with van der Waals surface area (Å²) in [5.41, 5.74) is 0. The van der Waals surface area contributed by atoms with Gasteiger partial charge in [-0.3, -0.25) is 44.7 Å². The smallest absolute Gasteiger partial charge is 0.314 e. The number of carbonyl (C=O) groups is 3. The van der Waals surface area contributed by atoms with Crippen molar-refractivity contribution in [1.29, 1.82) is 0 Å². The van der Waals surface area contributed by atoms with Crippen molar-refractivity contribution in [2.45, 2.75) is 50.0 Å². The van der Waals surface area contributed by atoms with Gasteiger partial charge in [-0.05, 0) is 0 Å². The second-order valence-electron chi connectivity index (χ2n) is 6.57. The Labute approximate surface area is 183 Å². The molecule has 18 heteroatoms. The number of carbonyl (C=O) groups excluding carboxylic acids is 3. The monoisotopic (exact) mass is 483 g/mol. The quantitative estimate of drug-likeness (QED) is 0.118. The number of hydrogen-bond acceptors (Lipinski definition) is 15. The van der Waals surface area contributed by atoms with E-state index in [1.54, 1.807) is 0 Å². The molecule has 0 aliphatic carbocycles. The van der Waals surface area contributed by atoms with Gasteiger partial charge in [0.1, 0.15) is 38.1 Å². The molecule has 0 saturated carbocycles. The lowest BCUT2D eigenvalue weighted by Gasteiger charge is -2.41. The molecule has 0 bridgehead atoms. The van der Waals surface area contributed by atoms with Gasteiger partial charge in [0.05, 0.1) is 0 Å². The van der Waals surface area contributed by atoms with E-state index < -0.39 is 109 Å². The predicted octanol–water partition coefficient (Wildman–Crippen LogP) is -2.57. The highest BCUT2D eigenvalue weighted by molar-refractivity contribution is 5.70. The van der Waals surface area contributed by atoms with Gasteiger partial charge in [0.15, 0.2) is 12.2 Å². The summed E-state index contributed by atoms with van der Waals surface area (Å²) in [5, 5.41) is 51.7.